The Labute approximate surface area is 152 Å². The first kappa shape index (κ1) is 19.7. The van der Waals surface area contributed by atoms with Gasteiger partial charge in [-0.2, -0.15) is 4.31 Å². The predicted octanol–water partition coefficient (Wildman–Crippen LogP) is 2.00. The molecule has 1 aliphatic heterocycles. The molecule has 0 spiro atoms. The highest BCUT2D eigenvalue weighted by Crippen LogP contribution is 2.29. The zero-order chi connectivity index (χ0) is 18.1. The number of thiophene rings is 1. The molecule has 0 aromatic carbocycles. The number of nitrogens with zero attached hydrogens (tertiary/aromatic N) is 2. The number of nitrogens with two attached hydrogens (primary N) is 1. The van der Waals surface area contributed by atoms with Gasteiger partial charge in [0, 0.05) is 26.2 Å². The molecule has 0 unspecified atom stereocenters. The number of hydrogen-bond donors (Lipinski definition) is 1. The van der Waals surface area contributed by atoms with Crippen LogP contribution in [0, 0.1) is 5.41 Å². The molecule has 1 atom stereocenters. The van der Waals surface area contributed by atoms with Crippen LogP contribution in [0.3, 0.4) is 0 Å². The quantitative estimate of drug-likeness (QED) is 0.851. The van der Waals surface area contributed by atoms with Crippen molar-refractivity contribution in [2.45, 2.75) is 37.4 Å². The van der Waals surface area contributed by atoms with Crippen LogP contribution in [-0.2, 0) is 14.8 Å². The van der Waals surface area contributed by atoms with Crippen LogP contribution in [0.25, 0.3) is 0 Å². The molecule has 0 radical (unpaired) electrons. The van der Waals surface area contributed by atoms with E-state index in [4.69, 9.17) is 17.3 Å². The summed E-state index contributed by atoms with van der Waals surface area (Å²) in [6, 6.07) is 2.50. The lowest BCUT2D eigenvalue weighted by Gasteiger charge is -2.31. The molecule has 2 N–H and O–H groups in total. The SMILES string of the molecule is CC(C)(C)[C@H](N)C(=O)N1CCCN(S(=O)(=O)c2ccc(Cl)s2)CC1. The van der Waals surface area contributed by atoms with Crippen LogP contribution in [0.4, 0.5) is 0 Å². The van der Waals surface area contributed by atoms with Crippen LogP contribution >= 0.6 is 22.9 Å². The highest BCUT2D eigenvalue weighted by Gasteiger charge is 2.34. The minimum atomic E-state index is -3.56. The Kier molecular flexibility index (Phi) is 5.97. The third kappa shape index (κ3) is 4.29. The second kappa shape index (κ2) is 7.29. The van der Waals surface area contributed by atoms with Gasteiger partial charge in [-0.1, -0.05) is 32.4 Å². The van der Waals surface area contributed by atoms with Gasteiger partial charge in [-0.3, -0.25) is 4.79 Å². The van der Waals surface area contributed by atoms with Crippen molar-refractivity contribution < 1.29 is 13.2 Å². The number of amides is 1. The predicted molar refractivity (Wildman–Crippen MR) is 96.7 cm³/mol. The van der Waals surface area contributed by atoms with Gasteiger partial charge >= 0.3 is 0 Å². The zero-order valence-corrected chi connectivity index (χ0v) is 16.5. The van der Waals surface area contributed by atoms with Crippen LogP contribution < -0.4 is 5.73 Å². The average molecular weight is 394 g/mol. The summed E-state index contributed by atoms with van der Waals surface area (Å²) in [6.07, 6.45) is 0.584. The number of halogens is 1. The molecular weight excluding hydrogens is 370 g/mol. The van der Waals surface area contributed by atoms with Crippen molar-refractivity contribution in [1.29, 1.82) is 0 Å². The van der Waals surface area contributed by atoms with Gasteiger partial charge in [-0.15, -0.1) is 11.3 Å². The van der Waals surface area contributed by atoms with Crippen LogP contribution in [0.1, 0.15) is 27.2 Å². The largest absolute Gasteiger partial charge is 0.340 e. The Hall–Kier alpha value is -0.670. The van der Waals surface area contributed by atoms with Crippen molar-refractivity contribution in [2.24, 2.45) is 11.1 Å². The van der Waals surface area contributed by atoms with Gasteiger partial charge in [0.25, 0.3) is 10.0 Å². The van der Waals surface area contributed by atoms with Crippen LogP contribution in [0.15, 0.2) is 16.3 Å². The lowest BCUT2D eigenvalue weighted by molar-refractivity contribution is -0.134. The van der Waals surface area contributed by atoms with Gasteiger partial charge < -0.3 is 10.6 Å². The Morgan fingerprint density at radius 1 is 1.25 bits per heavy atom. The number of rotatable bonds is 3. The van der Waals surface area contributed by atoms with Gasteiger partial charge in [0.15, 0.2) is 0 Å². The maximum Gasteiger partial charge on any atom is 0.252 e. The lowest BCUT2D eigenvalue weighted by Crippen LogP contribution is -2.51. The van der Waals surface area contributed by atoms with E-state index in [9.17, 15) is 13.2 Å². The van der Waals surface area contributed by atoms with Gasteiger partial charge in [-0.25, -0.2) is 8.42 Å². The fourth-order valence-electron chi connectivity index (χ4n) is 2.49. The Bertz CT molecular complexity index is 697. The van der Waals surface area contributed by atoms with Crippen molar-refractivity contribution in [1.82, 2.24) is 9.21 Å². The second-order valence-corrected chi connectivity index (χ2v) is 10.9. The average Bonchev–Trinajstić information content (AvgIpc) is 2.78. The second-order valence-electron chi connectivity index (χ2n) is 6.99. The fraction of sp³-hybridized carbons (Fsp3) is 0.667. The molecule has 1 aromatic heterocycles. The smallest absolute Gasteiger partial charge is 0.252 e. The molecule has 136 valence electrons. The van der Waals surface area contributed by atoms with E-state index in [1.807, 2.05) is 20.8 Å². The van der Waals surface area contributed by atoms with Gasteiger partial charge in [0.05, 0.1) is 10.4 Å². The minimum absolute atomic E-state index is 0.124. The van der Waals surface area contributed by atoms with Crippen LogP contribution in [-0.4, -0.2) is 55.8 Å². The zero-order valence-electron chi connectivity index (χ0n) is 14.2. The maximum atomic E-state index is 12.7. The molecule has 1 saturated heterocycles. The summed E-state index contributed by atoms with van der Waals surface area (Å²) in [5, 5.41) is 0. The van der Waals surface area contributed by atoms with Crippen molar-refractivity contribution in [3.05, 3.63) is 16.5 Å². The topological polar surface area (TPSA) is 83.7 Å². The van der Waals surface area contributed by atoms with Gasteiger partial charge in [0.1, 0.15) is 4.21 Å². The molecule has 24 heavy (non-hydrogen) atoms. The maximum absolute atomic E-state index is 12.7. The Morgan fingerprint density at radius 2 is 1.92 bits per heavy atom. The summed E-state index contributed by atoms with van der Waals surface area (Å²) >= 11 is 6.89. The Balaban J connectivity index is 2.09. The summed E-state index contributed by atoms with van der Waals surface area (Å²) in [6.45, 7) is 7.27. The first-order valence-corrected chi connectivity index (χ1v) is 10.5. The molecule has 1 aromatic rings. The van der Waals surface area contributed by atoms with Crippen molar-refractivity contribution in [2.75, 3.05) is 26.2 Å². The van der Waals surface area contributed by atoms with Crippen LogP contribution in [0.5, 0.6) is 0 Å². The highest BCUT2D eigenvalue weighted by molar-refractivity contribution is 7.91. The molecule has 2 rings (SSSR count). The van der Waals surface area contributed by atoms with Gasteiger partial charge in [0.2, 0.25) is 5.91 Å². The van der Waals surface area contributed by atoms with E-state index in [1.165, 1.54) is 10.4 Å². The molecule has 1 amide bonds. The lowest BCUT2D eigenvalue weighted by atomic mass is 9.86. The number of carbonyl (C=O) groups excluding carboxylic acids is 1. The van der Waals surface area contributed by atoms with E-state index in [0.29, 0.717) is 30.4 Å². The molecular formula is C15H24ClN3O3S2. The minimum Gasteiger partial charge on any atom is -0.340 e. The van der Waals surface area contributed by atoms with E-state index >= 15 is 0 Å². The number of sulfonamides is 1. The van der Waals surface area contributed by atoms with E-state index in [0.717, 1.165) is 11.3 Å². The van der Waals surface area contributed by atoms with Crippen LogP contribution in [0.2, 0.25) is 4.34 Å². The number of hydrogen-bond acceptors (Lipinski definition) is 5. The summed E-state index contributed by atoms with van der Waals surface area (Å²) < 4.78 is 27.4. The summed E-state index contributed by atoms with van der Waals surface area (Å²) in [7, 11) is -3.56. The monoisotopic (exact) mass is 393 g/mol. The normalized spacial score (nSPS) is 19.1. The summed E-state index contributed by atoms with van der Waals surface area (Å²) in [4.78, 5) is 14.2. The van der Waals surface area contributed by atoms with Crippen molar-refractivity contribution in [3.8, 4) is 0 Å². The highest BCUT2D eigenvalue weighted by atomic mass is 35.5. The third-order valence-corrected chi connectivity index (χ3v) is 7.71. The van der Waals surface area contributed by atoms with E-state index < -0.39 is 16.1 Å². The summed E-state index contributed by atoms with van der Waals surface area (Å²) in [5.74, 6) is -0.124. The van der Waals surface area contributed by atoms with Crippen molar-refractivity contribution >= 4 is 38.9 Å². The first-order chi connectivity index (χ1) is 11.0. The molecule has 0 bridgehead atoms. The first-order valence-electron chi connectivity index (χ1n) is 7.83. The molecule has 0 aliphatic carbocycles. The standard InChI is InChI=1S/C15H24ClN3O3S2/c1-15(2,3)13(17)14(20)18-7-4-8-19(10-9-18)24(21,22)12-6-5-11(16)23-12/h5-6,13H,4,7-10,17H2,1-3H3/t13-/m1/s1. The molecule has 2 heterocycles. The van der Waals surface area contributed by atoms with Gasteiger partial charge in [-0.05, 0) is 24.0 Å². The van der Waals surface area contributed by atoms with Crippen molar-refractivity contribution in [3.63, 3.8) is 0 Å². The molecule has 0 saturated carbocycles. The third-order valence-electron chi connectivity index (χ3n) is 4.11. The Morgan fingerprint density at radius 3 is 2.46 bits per heavy atom. The van der Waals surface area contributed by atoms with E-state index in [2.05, 4.69) is 0 Å². The molecule has 1 fully saturated rings. The number of carbonyl (C=O) groups is 1. The molecule has 6 nitrogen and oxygen atoms in total. The van der Waals surface area contributed by atoms with E-state index in [1.54, 1.807) is 11.0 Å². The van der Waals surface area contributed by atoms with E-state index in [-0.39, 0.29) is 22.1 Å². The summed E-state index contributed by atoms with van der Waals surface area (Å²) in [5.41, 5.74) is 5.72. The fourth-order valence-corrected chi connectivity index (χ4v) is 5.59. The molecule has 9 heteroatoms. The molecule has 1 aliphatic rings.